The van der Waals surface area contributed by atoms with Gasteiger partial charge in [0.1, 0.15) is 5.75 Å². The molecule has 0 radical (unpaired) electrons. The lowest BCUT2D eigenvalue weighted by Crippen LogP contribution is -2.45. The first-order valence-electron chi connectivity index (χ1n) is 8.16. The van der Waals surface area contributed by atoms with Gasteiger partial charge in [-0.25, -0.2) is 0 Å². The Bertz CT molecular complexity index is 696. The van der Waals surface area contributed by atoms with E-state index in [0.717, 1.165) is 42.5 Å². The molecule has 0 bridgehead atoms. The highest BCUT2D eigenvalue weighted by molar-refractivity contribution is 5.84. The van der Waals surface area contributed by atoms with Crippen LogP contribution in [0.2, 0.25) is 0 Å². The van der Waals surface area contributed by atoms with Crippen molar-refractivity contribution in [3.8, 4) is 5.75 Å². The Kier molecular flexibility index (Phi) is 4.96. The fourth-order valence-corrected chi connectivity index (χ4v) is 3.31. The van der Waals surface area contributed by atoms with E-state index in [2.05, 4.69) is 10.2 Å². The summed E-state index contributed by atoms with van der Waals surface area (Å²) in [5.74, 6) is 0.186. The molecule has 1 heterocycles. The maximum absolute atomic E-state index is 12.7. The average molecular weight is 338 g/mol. The lowest BCUT2D eigenvalue weighted by molar-refractivity contribution is -0.138. The van der Waals surface area contributed by atoms with Crippen LogP contribution in [0.4, 0.5) is 13.2 Å². The standard InChI is InChI=1S/C18H21F3N2O/c19-18(20,21)6-5-17(23-9-7-22-8-10-23)15-2-1-14-12-16(24)4-3-13(14)11-15/h1-4,11-12,17,22,24H,5-10H2/t17-/m1/s1. The lowest BCUT2D eigenvalue weighted by Gasteiger charge is -2.35. The highest BCUT2D eigenvalue weighted by Gasteiger charge is 2.31. The van der Waals surface area contributed by atoms with Gasteiger partial charge in [-0.1, -0.05) is 18.2 Å². The number of hydrogen-bond donors (Lipinski definition) is 2. The molecule has 1 atom stereocenters. The molecular formula is C18H21F3N2O. The molecule has 2 aromatic carbocycles. The second kappa shape index (κ2) is 6.99. The van der Waals surface area contributed by atoms with E-state index < -0.39 is 12.6 Å². The molecule has 1 aliphatic rings. The van der Waals surface area contributed by atoms with Crippen LogP contribution in [0, 0.1) is 0 Å². The highest BCUT2D eigenvalue weighted by Crippen LogP contribution is 2.33. The average Bonchev–Trinajstić information content (AvgIpc) is 2.55. The number of nitrogens with one attached hydrogen (secondary N) is 1. The molecule has 2 N–H and O–H groups in total. The molecule has 3 rings (SSSR count). The van der Waals surface area contributed by atoms with E-state index in [-0.39, 0.29) is 18.2 Å². The summed E-state index contributed by atoms with van der Waals surface area (Å²) >= 11 is 0. The summed E-state index contributed by atoms with van der Waals surface area (Å²) < 4.78 is 38.2. The number of phenolic OH excluding ortho intramolecular Hbond substituents is 1. The third kappa shape index (κ3) is 4.19. The Morgan fingerprint density at radius 1 is 1.04 bits per heavy atom. The van der Waals surface area contributed by atoms with E-state index >= 15 is 0 Å². The van der Waals surface area contributed by atoms with Gasteiger partial charge in [0, 0.05) is 38.6 Å². The van der Waals surface area contributed by atoms with Gasteiger partial charge < -0.3 is 10.4 Å². The van der Waals surface area contributed by atoms with Gasteiger partial charge in [-0.05, 0) is 41.0 Å². The maximum atomic E-state index is 12.7. The van der Waals surface area contributed by atoms with Crippen LogP contribution in [0.25, 0.3) is 10.8 Å². The van der Waals surface area contributed by atoms with Crippen LogP contribution in [0.1, 0.15) is 24.4 Å². The molecule has 3 nitrogen and oxygen atoms in total. The van der Waals surface area contributed by atoms with Crippen molar-refractivity contribution in [2.45, 2.75) is 25.1 Å². The summed E-state index contributed by atoms with van der Waals surface area (Å²) in [6, 6.07) is 10.5. The van der Waals surface area contributed by atoms with E-state index in [1.165, 1.54) is 0 Å². The Hall–Kier alpha value is -1.79. The molecule has 0 spiro atoms. The third-order valence-corrected chi connectivity index (χ3v) is 4.53. The molecule has 6 heteroatoms. The fourth-order valence-electron chi connectivity index (χ4n) is 3.31. The first-order valence-corrected chi connectivity index (χ1v) is 8.16. The Morgan fingerprint density at radius 3 is 2.42 bits per heavy atom. The van der Waals surface area contributed by atoms with Crippen molar-refractivity contribution in [1.82, 2.24) is 10.2 Å². The molecule has 0 saturated carbocycles. The minimum absolute atomic E-state index is 0.0626. The molecule has 24 heavy (non-hydrogen) atoms. The molecule has 1 aliphatic heterocycles. The van der Waals surface area contributed by atoms with E-state index in [1.807, 2.05) is 18.2 Å². The zero-order valence-electron chi connectivity index (χ0n) is 13.3. The van der Waals surface area contributed by atoms with Crippen molar-refractivity contribution in [2.75, 3.05) is 26.2 Å². The second-order valence-corrected chi connectivity index (χ2v) is 6.25. The zero-order chi connectivity index (χ0) is 17.2. The minimum atomic E-state index is -4.14. The van der Waals surface area contributed by atoms with Crippen molar-refractivity contribution in [3.05, 3.63) is 42.0 Å². The zero-order valence-corrected chi connectivity index (χ0v) is 13.3. The summed E-state index contributed by atoms with van der Waals surface area (Å²) in [5.41, 5.74) is 0.902. The number of rotatable bonds is 4. The van der Waals surface area contributed by atoms with Crippen molar-refractivity contribution < 1.29 is 18.3 Å². The normalized spacial score (nSPS) is 18.0. The number of alkyl halides is 3. The first kappa shape index (κ1) is 17.0. The second-order valence-electron chi connectivity index (χ2n) is 6.25. The van der Waals surface area contributed by atoms with Crippen LogP contribution in [0.5, 0.6) is 5.75 Å². The predicted octanol–water partition coefficient (Wildman–Crippen LogP) is 3.83. The largest absolute Gasteiger partial charge is 0.508 e. The minimum Gasteiger partial charge on any atom is -0.508 e. The van der Waals surface area contributed by atoms with E-state index in [0.29, 0.717) is 0 Å². The number of halogens is 3. The van der Waals surface area contributed by atoms with Gasteiger partial charge in [0.25, 0.3) is 0 Å². The fraction of sp³-hybridized carbons (Fsp3) is 0.444. The van der Waals surface area contributed by atoms with Crippen LogP contribution in [-0.2, 0) is 0 Å². The Labute approximate surface area is 139 Å². The van der Waals surface area contributed by atoms with Crippen molar-refractivity contribution in [2.24, 2.45) is 0 Å². The summed E-state index contributed by atoms with van der Waals surface area (Å²) in [7, 11) is 0. The predicted molar refractivity (Wildman–Crippen MR) is 88.1 cm³/mol. The smallest absolute Gasteiger partial charge is 0.389 e. The van der Waals surface area contributed by atoms with Gasteiger partial charge in [0.15, 0.2) is 0 Å². The van der Waals surface area contributed by atoms with Gasteiger partial charge in [-0.3, -0.25) is 4.90 Å². The van der Waals surface area contributed by atoms with Crippen LogP contribution in [0.15, 0.2) is 36.4 Å². The number of nitrogens with zero attached hydrogens (tertiary/aromatic N) is 1. The number of piperazine rings is 1. The van der Waals surface area contributed by atoms with Crippen LogP contribution < -0.4 is 5.32 Å². The quantitative estimate of drug-likeness (QED) is 0.889. The summed E-state index contributed by atoms with van der Waals surface area (Å²) in [6.45, 7) is 3.08. The van der Waals surface area contributed by atoms with E-state index in [4.69, 9.17) is 0 Å². The van der Waals surface area contributed by atoms with Crippen molar-refractivity contribution in [1.29, 1.82) is 0 Å². The summed E-state index contributed by atoms with van der Waals surface area (Å²) in [5, 5.41) is 14.6. The highest BCUT2D eigenvalue weighted by atomic mass is 19.4. The topological polar surface area (TPSA) is 35.5 Å². The first-order chi connectivity index (χ1) is 11.4. The SMILES string of the molecule is Oc1ccc2cc([C@@H](CCC(F)(F)F)N3CCNCC3)ccc2c1. The number of phenols is 1. The molecule has 0 unspecified atom stereocenters. The van der Waals surface area contributed by atoms with Gasteiger partial charge in [0.05, 0.1) is 0 Å². The van der Waals surface area contributed by atoms with Gasteiger partial charge in [-0.2, -0.15) is 13.2 Å². The molecule has 0 aromatic heterocycles. The van der Waals surface area contributed by atoms with Gasteiger partial charge in [-0.15, -0.1) is 0 Å². The number of hydrogen-bond acceptors (Lipinski definition) is 3. The van der Waals surface area contributed by atoms with Crippen LogP contribution >= 0.6 is 0 Å². The maximum Gasteiger partial charge on any atom is 0.389 e. The van der Waals surface area contributed by atoms with E-state index in [9.17, 15) is 18.3 Å². The molecule has 0 amide bonds. The van der Waals surface area contributed by atoms with Crippen molar-refractivity contribution >= 4 is 10.8 Å². The Balaban J connectivity index is 1.89. The number of benzene rings is 2. The molecular weight excluding hydrogens is 317 g/mol. The molecule has 1 fully saturated rings. The Morgan fingerprint density at radius 2 is 1.71 bits per heavy atom. The van der Waals surface area contributed by atoms with Gasteiger partial charge >= 0.3 is 6.18 Å². The lowest BCUT2D eigenvalue weighted by atomic mass is 9.96. The van der Waals surface area contributed by atoms with E-state index in [1.54, 1.807) is 18.2 Å². The summed E-state index contributed by atoms with van der Waals surface area (Å²) in [6.07, 6.45) is -4.86. The van der Waals surface area contributed by atoms with Crippen molar-refractivity contribution in [3.63, 3.8) is 0 Å². The molecule has 130 valence electrons. The molecule has 2 aromatic rings. The molecule has 0 aliphatic carbocycles. The number of aromatic hydroxyl groups is 1. The van der Waals surface area contributed by atoms with Crippen LogP contribution in [0.3, 0.4) is 0 Å². The number of fused-ring (bicyclic) bond motifs is 1. The monoisotopic (exact) mass is 338 g/mol. The van der Waals surface area contributed by atoms with Crippen LogP contribution in [-0.4, -0.2) is 42.4 Å². The molecule has 1 saturated heterocycles. The third-order valence-electron chi connectivity index (χ3n) is 4.53. The summed E-state index contributed by atoms with van der Waals surface area (Å²) in [4.78, 5) is 2.13. The van der Waals surface area contributed by atoms with Gasteiger partial charge in [0.2, 0.25) is 0 Å².